The maximum atomic E-state index is 12.6. The Kier molecular flexibility index (Phi) is 5.54. The molecule has 1 saturated heterocycles. The van der Waals surface area contributed by atoms with Crippen molar-refractivity contribution < 1.29 is 14.4 Å². The number of benzene rings is 2. The van der Waals surface area contributed by atoms with Gasteiger partial charge in [0.25, 0.3) is 5.91 Å². The van der Waals surface area contributed by atoms with E-state index in [4.69, 9.17) is 0 Å². The Hall–Kier alpha value is -3.15. The summed E-state index contributed by atoms with van der Waals surface area (Å²) in [6, 6.07) is 12.7. The number of para-hydroxylation sites is 2. The van der Waals surface area contributed by atoms with E-state index in [-0.39, 0.29) is 24.3 Å². The maximum Gasteiger partial charge on any atom is 0.253 e. The lowest BCUT2D eigenvalue weighted by Gasteiger charge is -2.19. The van der Waals surface area contributed by atoms with Gasteiger partial charge in [-0.1, -0.05) is 30.3 Å². The second-order valence-electron chi connectivity index (χ2n) is 6.66. The number of aryl methyl sites for hydroxylation is 2. The van der Waals surface area contributed by atoms with E-state index < -0.39 is 0 Å². The number of hydrogen-bond donors (Lipinski definition) is 2. The summed E-state index contributed by atoms with van der Waals surface area (Å²) in [5, 5.41) is 5.49. The summed E-state index contributed by atoms with van der Waals surface area (Å²) in [6.07, 6.45) is 1.28. The Morgan fingerprint density at radius 2 is 1.74 bits per heavy atom. The standard InChI is InChI=1S/C21H23N3O3/c1-14-7-5-8-15(2)20(14)23-18(25)13-22-21(27)16-9-3-4-10-17(16)24-12-6-11-19(24)26/h3-5,7-10H,6,11-13H2,1-2H3,(H,22,27)(H,23,25). The van der Waals surface area contributed by atoms with E-state index in [1.165, 1.54) is 0 Å². The van der Waals surface area contributed by atoms with Crippen molar-refractivity contribution >= 4 is 29.1 Å². The van der Waals surface area contributed by atoms with Crippen LogP contribution in [0.25, 0.3) is 0 Å². The van der Waals surface area contributed by atoms with Crippen LogP contribution in [0, 0.1) is 13.8 Å². The summed E-state index contributed by atoms with van der Waals surface area (Å²) in [5.41, 5.74) is 3.68. The molecule has 2 aromatic carbocycles. The molecule has 0 saturated carbocycles. The van der Waals surface area contributed by atoms with Crippen molar-refractivity contribution in [1.29, 1.82) is 0 Å². The molecule has 3 rings (SSSR count). The highest BCUT2D eigenvalue weighted by Gasteiger charge is 2.25. The quantitative estimate of drug-likeness (QED) is 0.855. The molecule has 6 heteroatoms. The average molecular weight is 365 g/mol. The van der Waals surface area contributed by atoms with Gasteiger partial charge in [0.2, 0.25) is 11.8 Å². The first kappa shape index (κ1) is 18.6. The van der Waals surface area contributed by atoms with Gasteiger partial charge in [0, 0.05) is 18.7 Å². The molecule has 3 amide bonds. The molecule has 2 N–H and O–H groups in total. The van der Waals surface area contributed by atoms with Gasteiger partial charge < -0.3 is 15.5 Å². The molecular formula is C21H23N3O3. The number of nitrogens with one attached hydrogen (secondary N) is 2. The van der Waals surface area contributed by atoms with Crippen molar-refractivity contribution in [3.8, 4) is 0 Å². The van der Waals surface area contributed by atoms with Crippen LogP contribution in [0.15, 0.2) is 42.5 Å². The lowest BCUT2D eigenvalue weighted by Crippen LogP contribution is -2.34. The average Bonchev–Trinajstić information content (AvgIpc) is 3.08. The van der Waals surface area contributed by atoms with Gasteiger partial charge in [-0.15, -0.1) is 0 Å². The van der Waals surface area contributed by atoms with Crippen molar-refractivity contribution in [3.05, 3.63) is 59.2 Å². The molecule has 0 aliphatic carbocycles. The van der Waals surface area contributed by atoms with E-state index in [1.807, 2.05) is 32.0 Å². The van der Waals surface area contributed by atoms with E-state index in [1.54, 1.807) is 29.2 Å². The van der Waals surface area contributed by atoms with Crippen LogP contribution in [0.1, 0.15) is 34.3 Å². The molecule has 2 aromatic rings. The SMILES string of the molecule is Cc1cccc(C)c1NC(=O)CNC(=O)c1ccccc1N1CCCC1=O. The highest BCUT2D eigenvalue weighted by molar-refractivity contribution is 6.06. The molecule has 0 spiro atoms. The van der Waals surface area contributed by atoms with Crippen LogP contribution in [0.2, 0.25) is 0 Å². The van der Waals surface area contributed by atoms with Crippen LogP contribution in [-0.4, -0.2) is 30.8 Å². The van der Waals surface area contributed by atoms with Gasteiger partial charge in [-0.05, 0) is 43.5 Å². The van der Waals surface area contributed by atoms with Crippen molar-refractivity contribution in [3.63, 3.8) is 0 Å². The van der Waals surface area contributed by atoms with Crippen LogP contribution >= 0.6 is 0 Å². The Bertz CT molecular complexity index is 872. The monoisotopic (exact) mass is 365 g/mol. The predicted molar refractivity (Wildman–Crippen MR) is 105 cm³/mol. The fraction of sp³-hybridized carbons (Fsp3) is 0.286. The lowest BCUT2D eigenvalue weighted by atomic mass is 10.1. The molecule has 1 heterocycles. The zero-order valence-corrected chi connectivity index (χ0v) is 15.5. The number of carbonyl (C=O) groups excluding carboxylic acids is 3. The second-order valence-corrected chi connectivity index (χ2v) is 6.66. The summed E-state index contributed by atoms with van der Waals surface area (Å²) in [4.78, 5) is 38.5. The van der Waals surface area contributed by atoms with Gasteiger partial charge >= 0.3 is 0 Å². The second kappa shape index (κ2) is 8.03. The van der Waals surface area contributed by atoms with Gasteiger partial charge in [0.05, 0.1) is 17.8 Å². The summed E-state index contributed by atoms with van der Waals surface area (Å²) in [6.45, 7) is 4.31. The Morgan fingerprint density at radius 1 is 1.04 bits per heavy atom. The fourth-order valence-corrected chi connectivity index (χ4v) is 3.25. The van der Waals surface area contributed by atoms with Crippen LogP contribution < -0.4 is 15.5 Å². The first-order valence-electron chi connectivity index (χ1n) is 9.01. The molecule has 0 atom stereocenters. The molecule has 0 unspecified atom stereocenters. The van der Waals surface area contributed by atoms with Crippen molar-refractivity contribution in [2.24, 2.45) is 0 Å². The highest BCUT2D eigenvalue weighted by Crippen LogP contribution is 2.25. The lowest BCUT2D eigenvalue weighted by molar-refractivity contribution is -0.117. The van der Waals surface area contributed by atoms with Gasteiger partial charge in [0.1, 0.15) is 0 Å². The number of rotatable bonds is 5. The van der Waals surface area contributed by atoms with Gasteiger partial charge in [-0.3, -0.25) is 14.4 Å². The maximum absolute atomic E-state index is 12.6. The minimum Gasteiger partial charge on any atom is -0.343 e. The largest absolute Gasteiger partial charge is 0.343 e. The highest BCUT2D eigenvalue weighted by atomic mass is 16.2. The van der Waals surface area contributed by atoms with E-state index in [0.29, 0.717) is 24.2 Å². The summed E-state index contributed by atoms with van der Waals surface area (Å²) >= 11 is 0. The molecule has 27 heavy (non-hydrogen) atoms. The minimum atomic E-state index is -0.373. The topological polar surface area (TPSA) is 78.5 Å². The van der Waals surface area contributed by atoms with Crippen LogP contribution in [-0.2, 0) is 9.59 Å². The molecule has 0 bridgehead atoms. The Morgan fingerprint density at radius 3 is 2.41 bits per heavy atom. The number of anilines is 2. The number of carbonyl (C=O) groups is 3. The number of nitrogens with zero attached hydrogens (tertiary/aromatic N) is 1. The zero-order chi connectivity index (χ0) is 19.4. The number of amides is 3. The minimum absolute atomic E-state index is 0.0167. The van der Waals surface area contributed by atoms with E-state index >= 15 is 0 Å². The molecule has 1 fully saturated rings. The van der Waals surface area contributed by atoms with Crippen LogP contribution in [0.3, 0.4) is 0 Å². The van der Waals surface area contributed by atoms with Crippen LogP contribution in [0.4, 0.5) is 11.4 Å². The summed E-state index contributed by atoms with van der Waals surface area (Å²) < 4.78 is 0. The molecule has 1 aliphatic rings. The normalized spacial score (nSPS) is 13.6. The Balaban J connectivity index is 1.66. The molecule has 140 valence electrons. The van der Waals surface area contributed by atoms with E-state index in [2.05, 4.69) is 10.6 Å². The van der Waals surface area contributed by atoms with Gasteiger partial charge in [-0.25, -0.2) is 0 Å². The molecule has 0 aromatic heterocycles. The third kappa shape index (κ3) is 4.16. The van der Waals surface area contributed by atoms with Crippen molar-refractivity contribution in [2.45, 2.75) is 26.7 Å². The predicted octanol–water partition coefficient (Wildman–Crippen LogP) is 2.80. The first-order valence-corrected chi connectivity index (χ1v) is 9.01. The summed E-state index contributed by atoms with van der Waals surface area (Å²) in [5.74, 6) is -0.652. The van der Waals surface area contributed by atoms with Gasteiger partial charge in [0.15, 0.2) is 0 Å². The number of hydrogen-bond acceptors (Lipinski definition) is 3. The van der Waals surface area contributed by atoms with Crippen LogP contribution in [0.5, 0.6) is 0 Å². The third-order valence-corrected chi connectivity index (χ3v) is 4.67. The van der Waals surface area contributed by atoms with Crippen molar-refractivity contribution in [1.82, 2.24) is 5.32 Å². The Labute approximate surface area is 158 Å². The fourth-order valence-electron chi connectivity index (χ4n) is 3.25. The van der Waals surface area contributed by atoms with Gasteiger partial charge in [-0.2, -0.15) is 0 Å². The van der Waals surface area contributed by atoms with Crippen molar-refractivity contribution in [2.75, 3.05) is 23.3 Å². The molecular weight excluding hydrogens is 342 g/mol. The third-order valence-electron chi connectivity index (χ3n) is 4.67. The first-order chi connectivity index (χ1) is 13.0. The molecule has 0 radical (unpaired) electrons. The molecule has 1 aliphatic heterocycles. The van der Waals surface area contributed by atoms with E-state index in [0.717, 1.165) is 23.2 Å². The molecule has 6 nitrogen and oxygen atoms in total. The summed E-state index contributed by atoms with van der Waals surface area (Å²) in [7, 11) is 0. The van der Waals surface area contributed by atoms with E-state index in [9.17, 15) is 14.4 Å². The zero-order valence-electron chi connectivity index (χ0n) is 15.5. The smallest absolute Gasteiger partial charge is 0.253 e.